The quantitative estimate of drug-likeness (QED) is 0.674. The number of carbonyl (C=O) groups is 1. The second kappa shape index (κ2) is 6.82. The molecule has 1 N–H and O–H groups in total. The summed E-state index contributed by atoms with van der Waals surface area (Å²) in [4.78, 5) is 33.1. The Labute approximate surface area is 130 Å². The lowest BCUT2D eigenvalue weighted by Gasteiger charge is -2.09. The summed E-state index contributed by atoms with van der Waals surface area (Å²) in [6.45, 7) is 1.58. The molecule has 8 heteroatoms. The number of amides is 1. The number of benzene rings is 1. The Morgan fingerprint density at radius 3 is 2.74 bits per heavy atom. The molecule has 0 aliphatic rings. The molecule has 0 aliphatic heterocycles. The molecule has 0 saturated carbocycles. The minimum absolute atomic E-state index is 0.238. The van der Waals surface area contributed by atoms with Crippen molar-refractivity contribution in [3.63, 3.8) is 0 Å². The lowest BCUT2D eigenvalue weighted by molar-refractivity contribution is -0.386. The van der Waals surface area contributed by atoms with Crippen LogP contribution in [-0.2, 0) is 17.8 Å². The first-order valence-corrected chi connectivity index (χ1v) is 6.83. The van der Waals surface area contributed by atoms with Crippen molar-refractivity contribution in [1.29, 1.82) is 0 Å². The third-order valence-electron chi connectivity index (χ3n) is 3.20. The molecule has 0 bridgehead atoms. The summed E-state index contributed by atoms with van der Waals surface area (Å²) in [6.07, 6.45) is 2.81. The van der Waals surface area contributed by atoms with Gasteiger partial charge >= 0.3 is 5.69 Å². The fourth-order valence-electron chi connectivity index (χ4n) is 2.03. The Bertz CT molecular complexity index is 817. The Balaban J connectivity index is 2.11. The number of rotatable bonds is 5. The second-order valence-corrected chi connectivity index (χ2v) is 4.83. The SMILES string of the molecule is CCc1ccc(NC(=O)Cn2ccc(=O)c([N+](=O)[O-])c2)cc1F. The minimum Gasteiger partial charge on any atom is -0.339 e. The standard InChI is InChI=1S/C15H14FN3O4/c1-2-10-3-4-11(7-12(10)16)17-15(21)9-18-6-5-14(20)13(8-18)19(22)23/h3-8H,2,9H2,1H3,(H,17,21). The van der Waals surface area contributed by atoms with Crippen molar-refractivity contribution in [3.05, 3.63) is 68.4 Å². The van der Waals surface area contributed by atoms with Crippen LogP contribution in [0.4, 0.5) is 15.8 Å². The third kappa shape index (κ3) is 4.00. The normalized spacial score (nSPS) is 10.3. The van der Waals surface area contributed by atoms with Crippen molar-refractivity contribution in [1.82, 2.24) is 4.57 Å². The molecule has 23 heavy (non-hydrogen) atoms. The summed E-state index contributed by atoms with van der Waals surface area (Å²) in [5.74, 6) is -0.907. The number of nitrogens with zero attached hydrogens (tertiary/aromatic N) is 2. The number of nitrogens with one attached hydrogen (secondary N) is 1. The van der Waals surface area contributed by atoms with E-state index in [9.17, 15) is 24.1 Å². The maximum atomic E-state index is 13.6. The summed E-state index contributed by atoms with van der Waals surface area (Å²) in [5, 5.41) is 13.2. The van der Waals surface area contributed by atoms with Crippen LogP contribution in [0.3, 0.4) is 0 Å². The summed E-state index contributed by atoms with van der Waals surface area (Å²) in [5.41, 5.74) is -0.512. The van der Waals surface area contributed by atoms with Crippen molar-refractivity contribution >= 4 is 17.3 Å². The first-order valence-electron chi connectivity index (χ1n) is 6.83. The molecule has 0 fully saturated rings. The van der Waals surface area contributed by atoms with E-state index in [0.29, 0.717) is 17.7 Å². The molecule has 1 aromatic heterocycles. The van der Waals surface area contributed by atoms with Crippen LogP contribution in [0.25, 0.3) is 0 Å². The Kier molecular flexibility index (Phi) is 4.85. The zero-order valence-corrected chi connectivity index (χ0v) is 12.3. The average molecular weight is 319 g/mol. The van der Waals surface area contributed by atoms with E-state index in [-0.39, 0.29) is 6.54 Å². The fourth-order valence-corrected chi connectivity index (χ4v) is 2.03. The van der Waals surface area contributed by atoms with Crippen LogP contribution in [0.5, 0.6) is 0 Å². The van der Waals surface area contributed by atoms with Gasteiger partial charge in [-0.3, -0.25) is 19.7 Å². The van der Waals surface area contributed by atoms with Gasteiger partial charge in [-0.1, -0.05) is 13.0 Å². The highest BCUT2D eigenvalue weighted by atomic mass is 19.1. The molecule has 0 unspecified atom stereocenters. The fraction of sp³-hybridized carbons (Fsp3) is 0.200. The first-order chi connectivity index (χ1) is 10.9. The molecule has 1 heterocycles. The van der Waals surface area contributed by atoms with Crippen LogP contribution in [-0.4, -0.2) is 15.4 Å². The van der Waals surface area contributed by atoms with Crippen LogP contribution in [0.2, 0.25) is 0 Å². The second-order valence-electron chi connectivity index (χ2n) is 4.83. The maximum absolute atomic E-state index is 13.6. The van der Waals surface area contributed by atoms with E-state index in [0.717, 1.165) is 12.3 Å². The zero-order chi connectivity index (χ0) is 17.0. The molecule has 120 valence electrons. The number of hydrogen-bond donors (Lipinski definition) is 1. The van der Waals surface area contributed by atoms with Gasteiger partial charge in [0.2, 0.25) is 5.91 Å². The topological polar surface area (TPSA) is 94.2 Å². The predicted molar refractivity (Wildman–Crippen MR) is 81.8 cm³/mol. The molecule has 0 aliphatic carbocycles. The van der Waals surface area contributed by atoms with Gasteiger partial charge in [-0.2, -0.15) is 0 Å². The van der Waals surface area contributed by atoms with Crippen molar-refractivity contribution in [2.45, 2.75) is 19.9 Å². The van der Waals surface area contributed by atoms with E-state index in [4.69, 9.17) is 0 Å². The van der Waals surface area contributed by atoms with E-state index in [2.05, 4.69) is 5.32 Å². The Morgan fingerprint density at radius 1 is 1.39 bits per heavy atom. The predicted octanol–water partition coefficient (Wildman–Crippen LogP) is 2.10. The first kappa shape index (κ1) is 16.3. The molecule has 1 aromatic carbocycles. The number of pyridine rings is 1. The van der Waals surface area contributed by atoms with Gasteiger partial charge in [-0.05, 0) is 24.1 Å². The monoisotopic (exact) mass is 319 g/mol. The molecule has 0 saturated heterocycles. The summed E-state index contributed by atoms with van der Waals surface area (Å²) >= 11 is 0. The zero-order valence-electron chi connectivity index (χ0n) is 12.3. The smallest absolute Gasteiger partial charge is 0.332 e. The maximum Gasteiger partial charge on any atom is 0.332 e. The minimum atomic E-state index is -0.810. The van der Waals surface area contributed by atoms with E-state index in [1.54, 1.807) is 12.1 Å². The number of aromatic nitrogens is 1. The third-order valence-corrected chi connectivity index (χ3v) is 3.20. The van der Waals surface area contributed by atoms with Crippen molar-refractivity contribution in [3.8, 4) is 0 Å². The largest absolute Gasteiger partial charge is 0.339 e. The van der Waals surface area contributed by atoms with Gasteiger partial charge in [0.25, 0.3) is 5.43 Å². The number of halogens is 1. The highest BCUT2D eigenvalue weighted by Gasteiger charge is 2.13. The van der Waals surface area contributed by atoms with Crippen LogP contribution >= 0.6 is 0 Å². The van der Waals surface area contributed by atoms with Gasteiger partial charge in [0.1, 0.15) is 12.4 Å². The number of nitro groups is 1. The molecular formula is C15H14FN3O4. The van der Waals surface area contributed by atoms with E-state index < -0.39 is 27.8 Å². The number of aryl methyl sites for hydroxylation is 1. The van der Waals surface area contributed by atoms with Gasteiger partial charge in [0.15, 0.2) is 0 Å². The van der Waals surface area contributed by atoms with Crippen molar-refractivity contribution < 1.29 is 14.1 Å². The summed E-state index contributed by atoms with van der Waals surface area (Å²) in [7, 11) is 0. The van der Waals surface area contributed by atoms with Gasteiger partial charge in [-0.15, -0.1) is 0 Å². The average Bonchev–Trinajstić information content (AvgIpc) is 2.49. The van der Waals surface area contributed by atoms with Gasteiger partial charge < -0.3 is 9.88 Å². The molecule has 0 spiro atoms. The molecule has 2 aromatic rings. The number of anilines is 1. The lowest BCUT2D eigenvalue weighted by atomic mass is 10.1. The summed E-state index contributed by atoms with van der Waals surface area (Å²) < 4.78 is 14.9. The summed E-state index contributed by atoms with van der Waals surface area (Å²) in [6, 6.07) is 5.38. The Morgan fingerprint density at radius 2 is 2.13 bits per heavy atom. The Hall–Kier alpha value is -3.03. The van der Waals surface area contributed by atoms with E-state index >= 15 is 0 Å². The molecule has 0 radical (unpaired) electrons. The molecule has 1 amide bonds. The highest BCUT2D eigenvalue weighted by molar-refractivity contribution is 5.90. The van der Waals surface area contributed by atoms with Crippen molar-refractivity contribution in [2.75, 3.05) is 5.32 Å². The molecule has 2 rings (SSSR count). The molecule has 0 atom stereocenters. The van der Waals surface area contributed by atoms with Gasteiger partial charge in [-0.25, -0.2) is 4.39 Å². The van der Waals surface area contributed by atoms with Crippen LogP contribution in [0.1, 0.15) is 12.5 Å². The van der Waals surface area contributed by atoms with Crippen LogP contribution < -0.4 is 10.7 Å². The lowest BCUT2D eigenvalue weighted by Crippen LogP contribution is -2.20. The molecular weight excluding hydrogens is 305 g/mol. The van der Waals surface area contributed by atoms with Gasteiger partial charge in [0, 0.05) is 18.0 Å². The van der Waals surface area contributed by atoms with E-state index in [1.165, 1.54) is 16.8 Å². The van der Waals surface area contributed by atoms with Crippen molar-refractivity contribution in [2.24, 2.45) is 0 Å². The highest BCUT2D eigenvalue weighted by Crippen LogP contribution is 2.15. The number of carbonyl (C=O) groups excluding carboxylic acids is 1. The number of hydrogen-bond acceptors (Lipinski definition) is 4. The van der Waals surface area contributed by atoms with Crippen LogP contribution in [0.15, 0.2) is 41.5 Å². The van der Waals surface area contributed by atoms with Gasteiger partial charge in [0.05, 0.1) is 11.1 Å². The van der Waals surface area contributed by atoms with Crippen LogP contribution in [0, 0.1) is 15.9 Å². The molecule has 7 nitrogen and oxygen atoms in total. The van der Waals surface area contributed by atoms with E-state index in [1.807, 2.05) is 6.92 Å².